The monoisotopic (exact) mass is 1990 g/mol. The third kappa shape index (κ3) is 27.5. The first kappa shape index (κ1) is 104. The lowest BCUT2D eigenvalue weighted by Gasteiger charge is -2.28. The zero-order valence-corrected chi connectivity index (χ0v) is 84.4. The molecular weight excluding hydrogens is 1870 g/mol. The second-order valence-corrected chi connectivity index (χ2v) is 35.3. The first-order valence-electron chi connectivity index (χ1n) is 48.5. The van der Waals surface area contributed by atoms with Crippen LogP contribution in [0.25, 0.3) is 89.2 Å². The van der Waals surface area contributed by atoms with Crippen LogP contribution in [-0.2, 0) is 45.5 Å². The summed E-state index contributed by atoms with van der Waals surface area (Å²) in [6, 6.07) is 60.9. The van der Waals surface area contributed by atoms with Crippen LogP contribution in [0.3, 0.4) is 0 Å². The fourth-order valence-electron chi connectivity index (χ4n) is 17.2. The van der Waals surface area contributed by atoms with Gasteiger partial charge in [0.2, 0.25) is 0 Å². The van der Waals surface area contributed by atoms with E-state index in [0.717, 1.165) is 195 Å². The average molecular weight is 1990 g/mol. The molecule has 10 heterocycles. The Bertz CT molecular complexity index is 7350. The maximum absolute atomic E-state index is 14.3. The minimum absolute atomic E-state index is 0.0176. The van der Waals surface area contributed by atoms with E-state index in [0.29, 0.717) is 77.8 Å². The summed E-state index contributed by atoms with van der Waals surface area (Å²) in [7, 11) is 17.5. The van der Waals surface area contributed by atoms with Crippen molar-refractivity contribution in [2.45, 2.75) is 78.0 Å². The van der Waals surface area contributed by atoms with Crippen LogP contribution < -0.4 is 53.3 Å². The lowest BCUT2D eigenvalue weighted by molar-refractivity contribution is -0.124. The van der Waals surface area contributed by atoms with E-state index in [9.17, 15) is 22.7 Å². The van der Waals surface area contributed by atoms with Gasteiger partial charge in [-0.25, -0.2) is 29.0 Å². The first-order valence-corrected chi connectivity index (χ1v) is 48.5. The molecule has 2 N–H and O–H groups in total. The number of ether oxygens (including phenoxy) is 7. The van der Waals surface area contributed by atoms with Gasteiger partial charge in [-0.1, -0.05) is 44.2 Å². The number of aliphatic hydroxyl groups excluding tert-OH is 1. The van der Waals surface area contributed by atoms with Gasteiger partial charge in [0, 0.05) is 240 Å². The number of rotatable bonds is 38. The van der Waals surface area contributed by atoms with Crippen LogP contribution >= 0.6 is 0 Å². The van der Waals surface area contributed by atoms with Gasteiger partial charge < -0.3 is 68.1 Å². The van der Waals surface area contributed by atoms with Gasteiger partial charge in [-0.3, -0.25) is 43.9 Å². The Morgan fingerprint density at radius 2 is 0.810 bits per heavy atom. The van der Waals surface area contributed by atoms with Gasteiger partial charge in [-0.15, -0.1) is 0 Å². The molecule has 18 aromatic rings. The van der Waals surface area contributed by atoms with Crippen molar-refractivity contribution in [2.75, 3.05) is 135 Å². The van der Waals surface area contributed by atoms with Crippen molar-refractivity contribution in [1.82, 2.24) is 99.1 Å². The Labute approximate surface area is 850 Å². The number of pyridine rings is 1. The normalized spacial score (nSPS) is 12.4. The van der Waals surface area contributed by atoms with Gasteiger partial charge in [-0.05, 0) is 179 Å². The highest BCUT2D eigenvalue weighted by Gasteiger charge is 2.28. The molecule has 0 spiro atoms. The molecule has 1 aliphatic heterocycles. The Morgan fingerprint density at radius 3 is 1.24 bits per heavy atom. The molecule has 9 aromatic heterocycles. The van der Waals surface area contributed by atoms with E-state index in [2.05, 4.69) is 158 Å². The number of benzene rings is 9. The number of methoxy groups -OCH3 is 6. The smallest absolute Gasteiger partial charge is 0.401 e. The van der Waals surface area contributed by atoms with Crippen molar-refractivity contribution >= 4 is 89.6 Å². The number of aliphatic hydroxyl groups is 1. The van der Waals surface area contributed by atoms with Gasteiger partial charge in [0.15, 0.2) is 0 Å². The molecule has 1 fully saturated rings. The van der Waals surface area contributed by atoms with Crippen LogP contribution in [-0.4, -0.2) is 220 Å². The predicted octanol–water partition coefficient (Wildman–Crippen LogP) is 20.5. The van der Waals surface area contributed by atoms with Gasteiger partial charge in [0.05, 0.1) is 166 Å². The number of halogens is 4. The minimum Gasteiger partial charge on any atom is -0.497 e. The quantitative estimate of drug-likeness (QED) is 0.0268. The SMILES string of the molecule is CCN(CC)Cc1cc(OC)cc(N(CCCO)c2ccc3ncc(-c4cnn(C)c4)nc3c2)c1.COc1cc(F)cc(N(CCCNCC(F)(F)F)c2ccc3ncc(-c4cnn(C)c4)nc3c2)c1.COc1cc(OC)cc(N(CCN(C)Cc2ccccc2)c2ccc3ncc(-c4cnn(C5CCCCO5)c4)nc3c2)c1.COc1cc(OC)cc(N(Cc2ccncc2)c2ccc3ncc(-c4cnn(C)c4)nc3c2)c1. The Morgan fingerprint density at radius 1 is 0.401 bits per heavy atom. The van der Waals surface area contributed by atoms with E-state index in [1.54, 1.807) is 111 Å². The summed E-state index contributed by atoms with van der Waals surface area (Å²) in [5, 5.41) is 29.2. The Hall–Kier alpha value is -16.2. The van der Waals surface area contributed by atoms with E-state index in [1.165, 1.54) is 30.4 Å². The van der Waals surface area contributed by atoms with Gasteiger partial charge >= 0.3 is 6.18 Å². The summed E-state index contributed by atoms with van der Waals surface area (Å²) in [6.45, 7) is 11.2. The first-order chi connectivity index (χ1) is 71.5. The second-order valence-electron chi connectivity index (χ2n) is 35.3. The van der Waals surface area contributed by atoms with Crippen LogP contribution in [0, 0.1) is 5.82 Å². The van der Waals surface area contributed by atoms with E-state index in [-0.39, 0.29) is 19.4 Å². The molecule has 1 atom stereocenters. The number of fused-ring (bicyclic) bond motifs is 4. The Kier molecular flexibility index (Phi) is 34.9. The minimum atomic E-state index is -4.28. The molecule has 0 radical (unpaired) electrons. The third-order valence-corrected chi connectivity index (χ3v) is 24.9. The molecule has 147 heavy (non-hydrogen) atoms. The third-order valence-electron chi connectivity index (χ3n) is 24.9. The molecule has 0 saturated carbocycles. The molecule has 9 aromatic carbocycles. The molecular formula is C111H120F4N24O8. The van der Waals surface area contributed by atoms with Crippen molar-refractivity contribution in [3.8, 4) is 79.5 Å². The maximum atomic E-state index is 14.3. The molecule has 760 valence electrons. The zero-order chi connectivity index (χ0) is 103. The lowest BCUT2D eigenvalue weighted by atomic mass is 10.1. The summed E-state index contributed by atoms with van der Waals surface area (Å²) in [5.41, 5.74) is 23.5. The summed E-state index contributed by atoms with van der Waals surface area (Å²) < 4.78 is 97.8. The highest BCUT2D eigenvalue weighted by molar-refractivity contribution is 5.87. The maximum Gasteiger partial charge on any atom is 0.401 e. The lowest BCUT2D eigenvalue weighted by Crippen LogP contribution is -2.31. The number of nitrogens with one attached hydrogen (secondary N) is 1. The van der Waals surface area contributed by atoms with Gasteiger partial charge in [0.1, 0.15) is 46.5 Å². The molecule has 1 saturated heterocycles. The van der Waals surface area contributed by atoms with Crippen LogP contribution in [0.1, 0.15) is 68.9 Å². The van der Waals surface area contributed by atoms with E-state index < -0.39 is 18.5 Å². The van der Waals surface area contributed by atoms with Crippen molar-refractivity contribution in [2.24, 2.45) is 21.1 Å². The predicted molar refractivity (Wildman–Crippen MR) is 566 cm³/mol. The van der Waals surface area contributed by atoms with E-state index >= 15 is 0 Å². The van der Waals surface area contributed by atoms with E-state index in [1.807, 2.05) is 165 Å². The summed E-state index contributed by atoms with van der Waals surface area (Å²) in [6.07, 6.45) is 25.4. The number of alkyl halides is 3. The number of hydrogen-bond acceptors (Lipinski definition) is 28. The zero-order valence-electron chi connectivity index (χ0n) is 84.4. The van der Waals surface area contributed by atoms with Crippen LogP contribution in [0.4, 0.5) is 63.1 Å². The molecule has 36 heteroatoms. The molecule has 0 amide bonds. The van der Waals surface area contributed by atoms with Gasteiger partial charge in [0.25, 0.3) is 0 Å². The molecule has 19 rings (SSSR count). The van der Waals surface area contributed by atoms with E-state index in [4.69, 9.17) is 58.1 Å². The molecule has 1 aliphatic rings. The molecule has 32 nitrogen and oxygen atoms in total. The summed E-state index contributed by atoms with van der Waals surface area (Å²) in [4.78, 5) is 55.2. The highest BCUT2D eigenvalue weighted by Crippen LogP contribution is 2.41. The number of aromatic nitrogens is 17. The number of anilines is 8. The number of likely N-dealkylation sites (N-methyl/N-ethyl adjacent to an activating group) is 1. The fraction of sp³-hybridized carbons (Fsp3) is 0.288. The molecule has 0 aliphatic carbocycles. The standard InChI is InChI=1S/C34H38N6O3.C27H34N6O2.C26H24N6O2.C24H24F4N6O/c1-38(23-25-9-5-4-6-10-25)14-15-39(28-17-29(41-2)20-30(18-28)42-3)27-12-13-31-32(19-27)37-33(22-35-31)26-21-36-40(24-26)34-11-7-8-16-43-34;1-5-32(6-2)18-20-12-23(14-24(13-20)35-4)33(10-7-11-34)22-8-9-25-26(15-22)30-27(17-28-25)21-16-29-31(3)19-21;1-31-17-19(14-29-31)26-15-28-24-5-4-20(12-25(24)30-26)32(16-18-6-8-27-9-7-18)21-10-22(33-2)13-23(11-21)34-3;1-33-14-16(12-31-33)23-13-30-21-5-4-18(11-22(21)32-23)34(7-3-6-29-15-24(26,27)28)19-8-17(25)9-20(10-19)35-2/h4-6,9-10,12-13,17-22,24,34H,7-8,11,14-16,23H2,1-3H3;8-9,12-17,19,34H,5-7,10-11,18H2,1-4H3;4-15,17H,16H2,1-3H3;4-5,8-14,29H,3,6-7,15H2,1-2H3. The Balaban J connectivity index is 0.000000141. The number of aryl methyl sites for hydroxylation is 3. The van der Waals surface area contributed by atoms with Crippen molar-refractivity contribution < 1.29 is 55.8 Å². The van der Waals surface area contributed by atoms with Crippen LogP contribution in [0.2, 0.25) is 0 Å². The van der Waals surface area contributed by atoms with Crippen molar-refractivity contribution in [3.05, 3.63) is 297 Å². The largest absolute Gasteiger partial charge is 0.497 e. The summed E-state index contributed by atoms with van der Waals surface area (Å²) >= 11 is 0. The topological polar surface area (TPSA) is 304 Å². The second kappa shape index (κ2) is 49.4. The highest BCUT2D eigenvalue weighted by atomic mass is 19.4. The fourth-order valence-corrected chi connectivity index (χ4v) is 17.2. The number of nitrogens with zero attached hydrogens (tertiary/aromatic N) is 23. The average Bonchev–Trinajstić information content (AvgIpc) is 1.74. The van der Waals surface area contributed by atoms with Crippen molar-refractivity contribution in [3.63, 3.8) is 0 Å². The molecule has 1 unspecified atom stereocenters. The van der Waals surface area contributed by atoms with Crippen LogP contribution in [0.5, 0.6) is 34.5 Å². The number of hydrogen-bond donors (Lipinski definition) is 2. The van der Waals surface area contributed by atoms with Crippen molar-refractivity contribution in [1.29, 1.82) is 0 Å². The van der Waals surface area contributed by atoms with Crippen LogP contribution in [0.15, 0.2) is 275 Å². The van der Waals surface area contributed by atoms with Gasteiger partial charge in [-0.2, -0.15) is 33.6 Å². The molecule has 0 bridgehead atoms. The summed E-state index contributed by atoms with van der Waals surface area (Å²) in [5.74, 6) is 3.57.